The normalized spacial score (nSPS) is 41.8. The van der Waals surface area contributed by atoms with Crippen LogP contribution in [0, 0.1) is 5.92 Å². The zero-order valence-corrected chi connectivity index (χ0v) is 11.8. The fourth-order valence-electron chi connectivity index (χ4n) is 4.25. The van der Waals surface area contributed by atoms with Gasteiger partial charge in [-0.05, 0) is 77.5 Å². The molecule has 0 aliphatic carbocycles. The number of rotatable bonds is 3. The first-order valence-electron chi connectivity index (χ1n) is 7.99. The molecule has 3 aliphatic heterocycles. The van der Waals surface area contributed by atoms with E-state index in [1.165, 1.54) is 64.6 Å². The summed E-state index contributed by atoms with van der Waals surface area (Å²) in [6.45, 7) is 3.69. The van der Waals surface area contributed by atoms with Crippen LogP contribution < -0.4 is 10.6 Å². The molecule has 2 bridgehead atoms. The van der Waals surface area contributed by atoms with Crippen LogP contribution in [0.2, 0.25) is 0 Å². The zero-order valence-electron chi connectivity index (χ0n) is 11.8. The lowest BCUT2D eigenvalue weighted by Crippen LogP contribution is -2.44. The Hall–Kier alpha value is -0.120. The molecule has 0 spiro atoms. The van der Waals surface area contributed by atoms with Gasteiger partial charge in [-0.2, -0.15) is 0 Å². The van der Waals surface area contributed by atoms with Crippen molar-refractivity contribution in [3.63, 3.8) is 0 Å². The van der Waals surface area contributed by atoms with Crippen molar-refractivity contribution in [1.82, 2.24) is 15.5 Å². The summed E-state index contributed by atoms with van der Waals surface area (Å²) in [5.41, 5.74) is 0. The van der Waals surface area contributed by atoms with E-state index in [9.17, 15) is 0 Å². The molecule has 2 N–H and O–H groups in total. The summed E-state index contributed by atoms with van der Waals surface area (Å²) in [5, 5.41) is 7.35. The van der Waals surface area contributed by atoms with Gasteiger partial charge in [0.2, 0.25) is 0 Å². The van der Waals surface area contributed by atoms with E-state index < -0.39 is 0 Å². The molecule has 3 aliphatic rings. The molecule has 104 valence electrons. The van der Waals surface area contributed by atoms with Crippen LogP contribution in [0.15, 0.2) is 0 Å². The largest absolute Gasteiger partial charge is 0.317 e. The highest BCUT2D eigenvalue weighted by atomic mass is 15.2. The van der Waals surface area contributed by atoms with Crippen LogP contribution in [0.4, 0.5) is 0 Å². The molecular weight excluding hydrogens is 222 g/mol. The molecular formula is C15H29N3. The first-order valence-corrected chi connectivity index (χ1v) is 7.99. The summed E-state index contributed by atoms with van der Waals surface area (Å²) in [4.78, 5) is 2.64. The van der Waals surface area contributed by atoms with Gasteiger partial charge in [0.25, 0.3) is 0 Å². The lowest BCUT2D eigenvalue weighted by atomic mass is 9.90. The second kappa shape index (κ2) is 5.89. The minimum absolute atomic E-state index is 0.775. The fourth-order valence-corrected chi connectivity index (χ4v) is 4.25. The molecule has 3 heteroatoms. The number of hydrogen-bond donors (Lipinski definition) is 2. The minimum Gasteiger partial charge on any atom is -0.317 e. The highest BCUT2D eigenvalue weighted by molar-refractivity contribution is 4.94. The van der Waals surface area contributed by atoms with E-state index in [2.05, 4.69) is 22.6 Å². The van der Waals surface area contributed by atoms with E-state index in [0.717, 1.165) is 24.0 Å². The highest BCUT2D eigenvalue weighted by Gasteiger charge is 2.38. The van der Waals surface area contributed by atoms with Crippen molar-refractivity contribution >= 4 is 0 Å². The van der Waals surface area contributed by atoms with E-state index in [1.54, 1.807) is 0 Å². The van der Waals surface area contributed by atoms with E-state index in [1.807, 2.05) is 0 Å². The lowest BCUT2D eigenvalue weighted by Gasteiger charge is -2.37. The molecule has 0 aromatic rings. The quantitative estimate of drug-likeness (QED) is 0.798. The third-order valence-electron chi connectivity index (χ3n) is 5.47. The van der Waals surface area contributed by atoms with Crippen molar-refractivity contribution in [3.05, 3.63) is 0 Å². The van der Waals surface area contributed by atoms with E-state index >= 15 is 0 Å². The molecule has 0 radical (unpaired) electrons. The number of nitrogens with one attached hydrogen (secondary N) is 2. The number of piperidine rings is 1. The lowest BCUT2D eigenvalue weighted by molar-refractivity contribution is 0.131. The van der Waals surface area contributed by atoms with Gasteiger partial charge in [-0.15, -0.1) is 0 Å². The van der Waals surface area contributed by atoms with Crippen molar-refractivity contribution in [2.45, 2.75) is 63.1 Å². The standard InChI is InChI=1S/C15H29N3/c1-18-14-4-5-15(18)10-12(9-14)11-17-13-3-2-7-16-8-6-13/h12-17H,2-11H2,1H3. The van der Waals surface area contributed by atoms with E-state index in [-0.39, 0.29) is 0 Å². The van der Waals surface area contributed by atoms with Gasteiger partial charge >= 0.3 is 0 Å². The molecule has 0 aromatic heterocycles. The predicted molar refractivity (Wildman–Crippen MR) is 75.8 cm³/mol. The van der Waals surface area contributed by atoms with Crippen LogP contribution in [0.3, 0.4) is 0 Å². The van der Waals surface area contributed by atoms with E-state index in [4.69, 9.17) is 0 Å². The fraction of sp³-hybridized carbons (Fsp3) is 1.00. The molecule has 3 atom stereocenters. The Morgan fingerprint density at radius 2 is 1.83 bits per heavy atom. The molecule has 0 amide bonds. The van der Waals surface area contributed by atoms with Gasteiger partial charge in [0, 0.05) is 18.1 Å². The summed E-state index contributed by atoms with van der Waals surface area (Å²) in [7, 11) is 2.34. The Morgan fingerprint density at radius 3 is 2.61 bits per heavy atom. The number of nitrogens with zero attached hydrogens (tertiary/aromatic N) is 1. The van der Waals surface area contributed by atoms with Gasteiger partial charge in [0.15, 0.2) is 0 Å². The smallest absolute Gasteiger partial charge is 0.00988 e. The summed E-state index contributed by atoms with van der Waals surface area (Å²) in [6.07, 6.45) is 9.80. The van der Waals surface area contributed by atoms with Gasteiger partial charge < -0.3 is 15.5 Å². The average Bonchev–Trinajstić information content (AvgIpc) is 2.66. The highest BCUT2D eigenvalue weighted by Crippen LogP contribution is 2.37. The first-order chi connectivity index (χ1) is 8.83. The van der Waals surface area contributed by atoms with Crippen molar-refractivity contribution in [2.75, 3.05) is 26.7 Å². The summed E-state index contributed by atoms with van der Waals surface area (Å²) in [5.74, 6) is 0.940. The molecule has 3 unspecified atom stereocenters. The molecule has 3 nitrogen and oxygen atoms in total. The summed E-state index contributed by atoms with van der Waals surface area (Å²) >= 11 is 0. The third-order valence-corrected chi connectivity index (χ3v) is 5.47. The number of fused-ring (bicyclic) bond motifs is 2. The Morgan fingerprint density at radius 1 is 1.06 bits per heavy atom. The topological polar surface area (TPSA) is 27.3 Å². The summed E-state index contributed by atoms with van der Waals surface area (Å²) in [6, 6.07) is 2.56. The Kier molecular flexibility index (Phi) is 4.22. The van der Waals surface area contributed by atoms with Crippen LogP contribution in [0.25, 0.3) is 0 Å². The van der Waals surface area contributed by atoms with Crippen molar-refractivity contribution in [1.29, 1.82) is 0 Å². The van der Waals surface area contributed by atoms with Crippen LogP contribution in [-0.2, 0) is 0 Å². The molecule has 3 saturated heterocycles. The minimum atomic E-state index is 0.775. The second-order valence-electron chi connectivity index (χ2n) is 6.67. The summed E-state index contributed by atoms with van der Waals surface area (Å²) < 4.78 is 0. The average molecular weight is 251 g/mol. The Bertz CT molecular complexity index is 246. The van der Waals surface area contributed by atoms with Crippen LogP contribution in [-0.4, -0.2) is 49.7 Å². The Labute approximate surface area is 112 Å². The molecule has 3 fully saturated rings. The van der Waals surface area contributed by atoms with Crippen molar-refractivity contribution in [3.8, 4) is 0 Å². The van der Waals surface area contributed by atoms with Gasteiger partial charge in [0.05, 0.1) is 0 Å². The molecule has 0 saturated carbocycles. The zero-order chi connectivity index (χ0) is 12.4. The Balaban J connectivity index is 1.43. The maximum atomic E-state index is 3.86. The van der Waals surface area contributed by atoms with Gasteiger partial charge in [-0.1, -0.05) is 0 Å². The van der Waals surface area contributed by atoms with Gasteiger partial charge in [0.1, 0.15) is 0 Å². The monoisotopic (exact) mass is 251 g/mol. The van der Waals surface area contributed by atoms with Crippen LogP contribution >= 0.6 is 0 Å². The van der Waals surface area contributed by atoms with Crippen molar-refractivity contribution in [2.24, 2.45) is 5.92 Å². The van der Waals surface area contributed by atoms with E-state index in [0.29, 0.717) is 0 Å². The molecule has 3 heterocycles. The predicted octanol–water partition coefficient (Wildman–Crippen LogP) is 1.59. The third kappa shape index (κ3) is 2.89. The van der Waals surface area contributed by atoms with Gasteiger partial charge in [-0.25, -0.2) is 0 Å². The molecule has 3 rings (SSSR count). The SMILES string of the molecule is CN1C2CCC1CC(CNC1CCCNCC1)C2. The maximum absolute atomic E-state index is 3.86. The van der Waals surface area contributed by atoms with Crippen molar-refractivity contribution < 1.29 is 0 Å². The molecule has 0 aromatic carbocycles. The van der Waals surface area contributed by atoms with Gasteiger partial charge in [-0.3, -0.25) is 0 Å². The first kappa shape index (κ1) is 12.9. The number of hydrogen-bond acceptors (Lipinski definition) is 3. The van der Waals surface area contributed by atoms with Crippen LogP contribution in [0.5, 0.6) is 0 Å². The second-order valence-corrected chi connectivity index (χ2v) is 6.67. The maximum Gasteiger partial charge on any atom is 0.00988 e. The van der Waals surface area contributed by atoms with Crippen LogP contribution in [0.1, 0.15) is 44.9 Å². The molecule has 18 heavy (non-hydrogen) atoms.